The summed E-state index contributed by atoms with van der Waals surface area (Å²) in [4.78, 5) is 18.7. The standard InChI is InChI=1S/C18H19ClFN3O2/c19-15-6-5-12(9-16(15)20)18(25)22-10-13-3-1-7-21-17(13)23-8-2-4-14(24)11-23/h1,3,5-7,9,14,24H,2,4,8,10-11H2,(H,22,25). The van der Waals surface area contributed by atoms with Crippen molar-refractivity contribution < 1.29 is 14.3 Å². The molecule has 2 N–H and O–H groups in total. The fourth-order valence-corrected chi connectivity index (χ4v) is 3.03. The lowest BCUT2D eigenvalue weighted by Gasteiger charge is -2.32. The summed E-state index contributed by atoms with van der Waals surface area (Å²) in [6.07, 6.45) is 3.01. The van der Waals surface area contributed by atoms with Gasteiger partial charge in [-0.3, -0.25) is 4.79 Å². The highest BCUT2D eigenvalue weighted by atomic mass is 35.5. The van der Waals surface area contributed by atoms with Crippen LogP contribution in [0.2, 0.25) is 5.02 Å². The van der Waals surface area contributed by atoms with Gasteiger partial charge < -0.3 is 15.3 Å². The van der Waals surface area contributed by atoms with E-state index in [1.54, 1.807) is 12.3 Å². The van der Waals surface area contributed by atoms with Gasteiger partial charge in [-0.15, -0.1) is 0 Å². The Morgan fingerprint density at radius 1 is 1.44 bits per heavy atom. The quantitative estimate of drug-likeness (QED) is 0.876. The molecule has 1 aliphatic rings. The van der Waals surface area contributed by atoms with Gasteiger partial charge in [0.25, 0.3) is 5.91 Å². The second-order valence-electron chi connectivity index (χ2n) is 6.04. The van der Waals surface area contributed by atoms with E-state index in [-0.39, 0.29) is 29.1 Å². The average molecular weight is 364 g/mol. The average Bonchev–Trinajstić information content (AvgIpc) is 2.62. The third kappa shape index (κ3) is 4.27. The van der Waals surface area contributed by atoms with Crippen LogP contribution < -0.4 is 10.2 Å². The summed E-state index contributed by atoms with van der Waals surface area (Å²) in [5.41, 5.74) is 1.06. The number of β-amino-alcohol motifs (C(OH)–C–C–N with tert-alkyl or cyclic N) is 1. The van der Waals surface area contributed by atoms with Gasteiger partial charge in [-0.25, -0.2) is 9.37 Å². The van der Waals surface area contributed by atoms with Crippen molar-refractivity contribution in [1.82, 2.24) is 10.3 Å². The molecule has 0 aliphatic carbocycles. The van der Waals surface area contributed by atoms with Crippen molar-refractivity contribution in [3.8, 4) is 0 Å². The van der Waals surface area contributed by atoms with Gasteiger partial charge >= 0.3 is 0 Å². The molecule has 5 nitrogen and oxygen atoms in total. The molecule has 3 rings (SSSR count). The zero-order valence-corrected chi connectivity index (χ0v) is 14.3. The van der Waals surface area contributed by atoms with Crippen molar-refractivity contribution >= 4 is 23.3 Å². The van der Waals surface area contributed by atoms with E-state index in [1.807, 2.05) is 11.0 Å². The molecule has 0 bridgehead atoms. The summed E-state index contributed by atoms with van der Waals surface area (Å²) in [7, 11) is 0. The minimum absolute atomic E-state index is 0.0187. The lowest BCUT2D eigenvalue weighted by molar-refractivity contribution is 0.0950. The Kier molecular flexibility index (Phi) is 5.50. The molecule has 1 saturated heterocycles. The highest BCUT2D eigenvalue weighted by Crippen LogP contribution is 2.22. The fraction of sp³-hybridized carbons (Fsp3) is 0.333. The summed E-state index contributed by atoms with van der Waals surface area (Å²) >= 11 is 5.64. The Hall–Kier alpha value is -2.18. The number of carbonyl (C=O) groups excluding carboxylic acids is 1. The zero-order valence-electron chi connectivity index (χ0n) is 13.6. The van der Waals surface area contributed by atoms with Gasteiger partial charge in [0.15, 0.2) is 0 Å². The molecule has 2 heterocycles. The number of hydrogen-bond acceptors (Lipinski definition) is 4. The van der Waals surface area contributed by atoms with Gasteiger partial charge in [-0.05, 0) is 37.1 Å². The predicted octanol–water partition coefficient (Wildman–Crippen LogP) is 2.77. The second-order valence-corrected chi connectivity index (χ2v) is 6.45. The van der Waals surface area contributed by atoms with Crippen molar-refractivity contribution in [3.05, 3.63) is 58.5 Å². The zero-order chi connectivity index (χ0) is 17.8. The van der Waals surface area contributed by atoms with Gasteiger partial charge in [0, 0.05) is 37.0 Å². The van der Waals surface area contributed by atoms with Crippen LogP contribution in [0, 0.1) is 5.82 Å². The lowest BCUT2D eigenvalue weighted by Crippen LogP contribution is -2.39. The van der Waals surface area contributed by atoms with Crippen molar-refractivity contribution in [2.24, 2.45) is 0 Å². The molecule has 132 valence electrons. The molecule has 1 fully saturated rings. The number of rotatable bonds is 4. The number of hydrogen-bond donors (Lipinski definition) is 2. The molecule has 0 saturated carbocycles. The van der Waals surface area contributed by atoms with E-state index in [0.29, 0.717) is 6.54 Å². The van der Waals surface area contributed by atoms with E-state index in [9.17, 15) is 14.3 Å². The molecule has 0 radical (unpaired) electrons. The Bertz CT molecular complexity index is 772. The van der Waals surface area contributed by atoms with Gasteiger partial charge in [0.2, 0.25) is 0 Å². The van der Waals surface area contributed by atoms with Gasteiger partial charge in [0.1, 0.15) is 11.6 Å². The van der Waals surface area contributed by atoms with Crippen LogP contribution in [0.5, 0.6) is 0 Å². The Morgan fingerprint density at radius 3 is 3.04 bits per heavy atom. The number of nitrogens with zero attached hydrogens (tertiary/aromatic N) is 2. The van der Waals surface area contributed by atoms with E-state index >= 15 is 0 Å². The number of pyridine rings is 1. The minimum atomic E-state index is -0.626. The van der Waals surface area contributed by atoms with E-state index in [0.717, 1.165) is 36.8 Å². The van der Waals surface area contributed by atoms with E-state index in [4.69, 9.17) is 11.6 Å². The molecule has 1 unspecified atom stereocenters. The maximum atomic E-state index is 13.5. The molecule has 1 aliphatic heterocycles. The van der Waals surface area contributed by atoms with Gasteiger partial charge in [0.05, 0.1) is 11.1 Å². The van der Waals surface area contributed by atoms with Crippen LogP contribution in [0.25, 0.3) is 0 Å². The summed E-state index contributed by atoms with van der Waals surface area (Å²) in [6.45, 7) is 1.61. The van der Waals surface area contributed by atoms with Crippen LogP contribution in [0.1, 0.15) is 28.8 Å². The number of anilines is 1. The van der Waals surface area contributed by atoms with Crippen molar-refractivity contribution in [3.63, 3.8) is 0 Å². The summed E-state index contributed by atoms with van der Waals surface area (Å²) < 4.78 is 13.5. The molecule has 25 heavy (non-hydrogen) atoms. The van der Waals surface area contributed by atoms with E-state index in [1.165, 1.54) is 12.1 Å². The van der Waals surface area contributed by atoms with Crippen molar-refractivity contribution in [2.75, 3.05) is 18.0 Å². The second kappa shape index (κ2) is 7.80. The highest BCUT2D eigenvalue weighted by Gasteiger charge is 2.21. The first kappa shape index (κ1) is 17.6. The summed E-state index contributed by atoms with van der Waals surface area (Å²) in [6, 6.07) is 7.63. The number of halogens is 2. The molecule has 0 spiro atoms. The first-order valence-electron chi connectivity index (χ1n) is 8.15. The maximum Gasteiger partial charge on any atom is 0.251 e. The topological polar surface area (TPSA) is 65.5 Å². The molecule has 1 aromatic heterocycles. The Balaban J connectivity index is 1.70. The van der Waals surface area contributed by atoms with Crippen LogP contribution in [-0.2, 0) is 6.54 Å². The largest absolute Gasteiger partial charge is 0.391 e. The molecule has 1 aromatic carbocycles. The molecule has 7 heteroatoms. The number of amides is 1. The molecule has 1 atom stereocenters. The SMILES string of the molecule is O=C(NCc1cccnc1N1CCCC(O)C1)c1ccc(Cl)c(F)c1. The highest BCUT2D eigenvalue weighted by molar-refractivity contribution is 6.30. The Morgan fingerprint density at radius 2 is 2.28 bits per heavy atom. The van der Waals surface area contributed by atoms with Gasteiger partial charge in [-0.1, -0.05) is 17.7 Å². The number of aromatic nitrogens is 1. The van der Waals surface area contributed by atoms with Crippen LogP contribution >= 0.6 is 11.6 Å². The van der Waals surface area contributed by atoms with Crippen molar-refractivity contribution in [1.29, 1.82) is 0 Å². The number of carbonyl (C=O) groups is 1. The number of aliphatic hydroxyl groups is 1. The third-order valence-electron chi connectivity index (χ3n) is 4.18. The summed E-state index contributed by atoms with van der Waals surface area (Å²) in [5.74, 6) is -0.258. The monoisotopic (exact) mass is 363 g/mol. The van der Waals surface area contributed by atoms with E-state index < -0.39 is 5.82 Å². The number of aliphatic hydroxyl groups excluding tert-OH is 1. The Labute approximate surface area is 150 Å². The number of benzene rings is 1. The first-order chi connectivity index (χ1) is 12.0. The van der Waals surface area contributed by atoms with Crippen LogP contribution in [0.3, 0.4) is 0 Å². The smallest absolute Gasteiger partial charge is 0.251 e. The number of piperidine rings is 1. The molecular formula is C18H19ClFN3O2. The molecular weight excluding hydrogens is 345 g/mol. The molecule has 1 amide bonds. The summed E-state index contributed by atoms with van der Waals surface area (Å²) in [5, 5.41) is 12.6. The third-order valence-corrected chi connectivity index (χ3v) is 4.49. The molecule has 2 aromatic rings. The lowest BCUT2D eigenvalue weighted by atomic mass is 10.1. The van der Waals surface area contributed by atoms with Gasteiger partial charge in [-0.2, -0.15) is 0 Å². The van der Waals surface area contributed by atoms with Crippen LogP contribution in [-0.4, -0.2) is 35.2 Å². The van der Waals surface area contributed by atoms with Crippen LogP contribution in [0.4, 0.5) is 10.2 Å². The van der Waals surface area contributed by atoms with Crippen LogP contribution in [0.15, 0.2) is 36.5 Å². The first-order valence-corrected chi connectivity index (χ1v) is 8.52. The predicted molar refractivity (Wildman–Crippen MR) is 94.3 cm³/mol. The van der Waals surface area contributed by atoms with E-state index in [2.05, 4.69) is 10.3 Å². The number of nitrogens with one attached hydrogen (secondary N) is 1. The minimum Gasteiger partial charge on any atom is -0.391 e. The normalized spacial score (nSPS) is 17.4. The fourth-order valence-electron chi connectivity index (χ4n) is 2.92. The maximum absolute atomic E-state index is 13.5. The van der Waals surface area contributed by atoms with Crippen molar-refractivity contribution in [2.45, 2.75) is 25.5 Å².